The second-order valence-corrected chi connectivity index (χ2v) is 6.06. The summed E-state index contributed by atoms with van der Waals surface area (Å²) in [7, 11) is 4.45. The molecule has 4 nitrogen and oxygen atoms in total. The van der Waals surface area contributed by atoms with E-state index in [0.717, 1.165) is 12.3 Å². The third-order valence-electron chi connectivity index (χ3n) is 4.28. The average Bonchev–Trinajstić information content (AvgIpc) is 2.47. The number of likely N-dealkylation sites (tertiary alicyclic amines) is 1. The molecular weight excluding hydrogens is 252 g/mol. The van der Waals surface area contributed by atoms with Gasteiger partial charge in [0.1, 0.15) is 25.0 Å². The Labute approximate surface area is 122 Å². The van der Waals surface area contributed by atoms with Crippen LogP contribution in [0.4, 0.5) is 0 Å². The number of likely N-dealkylation sites (N-methyl/N-ethyl adjacent to an activating group) is 1. The Bertz CT molecular complexity index is 377. The van der Waals surface area contributed by atoms with Gasteiger partial charge in [-0.25, -0.2) is 0 Å². The minimum atomic E-state index is -0.401. The molecule has 0 amide bonds. The molecule has 4 heteroatoms. The van der Waals surface area contributed by atoms with Gasteiger partial charge >= 0.3 is 0 Å². The molecule has 2 rings (SSSR count). The monoisotopic (exact) mass is 280 g/mol. The Kier molecular flexibility index (Phi) is 5.83. The standard InChI is InChI=1S/C16H26N2O2/c1-17-10-8-14(9-11-17)18(2)12-15(19)13-20-16-6-4-3-5-7-16/h3-7,14-15,19H,8-13H2,1-2H3/p+2/t15-/m1/s1. The Morgan fingerprint density at radius 1 is 1.30 bits per heavy atom. The molecule has 1 saturated heterocycles. The molecule has 1 aliphatic rings. The van der Waals surface area contributed by atoms with Crippen LogP contribution in [0.25, 0.3) is 0 Å². The van der Waals surface area contributed by atoms with Gasteiger partial charge in [-0.1, -0.05) is 18.2 Å². The number of hydrogen-bond donors (Lipinski definition) is 3. The van der Waals surface area contributed by atoms with Gasteiger partial charge < -0.3 is 19.6 Å². The smallest absolute Gasteiger partial charge is 0.137 e. The number of nitrogens with one attached hydrogen (secondary N) is 2. The molecule has 0 saturated carbocycles. The van der Waals surface area contributed by atoms with Gasteiger partial charge in [0.05, 0.1) is 33.2 Å². The van der Waals surface area contributed by atoms with Crippen LogP contribution < -0.4 is 14.5 Å². The van der Waals surface area contributed by atoms with Gasteiger partial charge in [-0.2, -0.15) is 0 Å². The predicted octanol–water partition coefficient (Wildman–Crippen LogP) is -1.38. The summed E-state index contributed by atoms with van der Waals surface area (Å²) >= 11 is 0. The van der Waals surface area contributed by atoms with Crippen LogP contribution in [0.3, 0.4) is 0 Å². The van der Waals surface area contributed by atoms with Crippen molar-refractivity contribution in [2.75, 3.05) is 40.3 Å². The van der Waals surface area contributed by atoms with Crippen LogP contribution in [0, 0.1) is 0 Å². The lowest BCUT2D eigenvalue weighted by molar-refractivity contribution is -0.941. The molecule has 0 radical (unpaired) electrons. The Morgan fingerprint density at radius 2 is 1.95 bits per heavy atom. The number of rotatable bonds is 6. The summed E-state index contributed by atoms with van der Waals surface area (Å²) < 4.78 is 5.61. The minimum Gasteiger partial charge on any atom is -0.491 e. The molecule has 1 aromatic carbocycles. The quantitative estimate of drug-likeness (QED) is 0.601. The van der Waals surface area contributed by atoms with Gasteiger partial charge in [0, 0.05) is 12.8 Å². The molecule has 3 N–H and O–H groups in total. The number of benzene rings is 1. The fraction of sp³-hybridized carbons (Fsp3) is 0.625. The Balaban J connectivity index is 1.69. The van der Waals surface area contributed by atoms with E-state index in [2.05, 4.69) is 14.1 Å². The van der Waals surface area contributed by atoms with E-state index in [1.165, 1.54) is 30.8 Å². The molecule has 1 heterocycles. The van der Waals surface area contributed by atoms with E-state index in [-0.39, 0.29) is 0 Å². The van der Waals surface area contributed by atoms with Crippen molar-refractivity contribution in [2.45, 2.75) is 25.0 Å². The summed E-state index contributed by atoms with van der Waals surface area (Å²) in [4.78, 5) is 3.06. The molecular formula is C16H28N2O2+2. The highest BCUT2D eigenvalue weighted by molar-refractivity contribution is 5.20. The van der Waals surface area contributed by atoms with Gasteiger partial charge in [-0.3, -0.25) is 0 Å². The zero-order valence-electron chi connectivity index (χ0n) is 12.6. The predicted molar refractivity (Wildman–Crippen MR) is 79.3 cm³/mol. The maximum Gasteiger partial charge on any atom is 0.137 e. The summed E-state index contributed by atoms with van der Waals surface area (Å²) in [5, 5.41) is 10.1. The molecule has 20 heavy (non-hydrogen) atoms. The van der Waals surface area contributed by atoms with Crippen LogP contribution in [-0.4, -0.2) is 57.6 Å². The zero-order valence-corrected chi connectivity index (χ0v) is 12.6. The van der Waals surface area contributed by atoms with Crippen molar-refractivity contribution >= 4 is 0 Å². The van der Waals surface area contributed by atoms with Crippen LogP contribution in [0.1, 0.15) is 12.8 Å². The molecule has 0 aromatic heterocycles. The number of piperidine rings is 1. The third-order valence-corrected chi connectivity index (χ3v) is 4.28. The van der Waals surface area contributed by atoms with E-state index in [9.17, 15) is 5.11 Å². The lowest BCUT2D eigenvalue weighted by Gasteiger charge is -2.31. The van der Waals surface area contributed by atoms with Gasteiger partial charge in [-0.05, 0) is 12.1 Å². The van der Waals surface area contributed by atoms with Crippen molar-refractivity contribution < 1.29 is 19.6 Å². The van der Waals surface area contributed by atoms with Crippen molar-refractivity contribution in [1.82, 2.24) is 0 Å². The maximum absolute atomic E-state index is 10.1. The molecule has 1 fully saturated rings. The molecule has 112 valence electrons. The lowest BCUT2D eigenvalue weighted by atomic mass is 10.0. The van der Waals surface area contributed by atoms with E-state index in [4.69, 9.17) is 4.74 Å². The normalized spacial score (nSPS) is 25.9. The second kappa shape index (κ2) is 7.62. The number of aliphatic hydroxyl groups excluding tert-OH is 1. The maximum atomic E-state index is 10.1. The third kappa shape index (κ3) is 4.78. The molecule has 2 atom stereocenters. The van der Waals surface area contributed by atoms with Crippen molar-refractivity contribution in [3.63, 3.8) is 0 Å². The van der Waals surface area contributed by atoms with Crippen molar-refractivity contribution in [1.29, 1.82) is 0 Å². The molecule has 0 bridgehead atoms. The van der Waals surface area contributed by atoms with E-state index in [0.29, 0.717) is 12.6 Å². The molecule has 0 aliphatic carbocycles. The van der Waals surface area contributed by atoms with Crippen LogP contribution in [0.2, 0.25) is 0 Å². The van der Waals surface area contributed by atoms with Gasteiger partial charge in [-0.15, -0.1) is 0 Å². The van der Waals surface area contributed by atoms with Crippen molar-refractivity contribution in [3.05, 3.63) is 30.3 Å². The fourth-order valence-electron chi connectivity index (χ4n) is 2.91. The summed E-state index contributed by atoms with van der Waals surface area (Å²) in [6, 6.07) is 10.4. The van der Waals surface area contributed by atoms with Crippen molar-refractivity contribution in [3.8, 4) is 5.75 Å². The largest absolute Gasteiger partial charge is 0.491 e. The van der Waals surface area contributed by atoms with Crippen LogP contribution in [-0.2, 0) is 0 Å². The molecule has 1 aliphatic heterocycles. The van der Waals surface area contributed by atoms with Crippen LogP contribution >= 0.6 is 0 Å². The first-order valence-corrected chi connectivity index (χ1v) is 7.64. The van der Waals surface area contributed by atoms with E-state index in [1.807, 2.05) is 30.3 Å². The summed E-state index contributed by atoms with van der Waals surface area (Å²) in [5.41, 5.74) is 0. The number of ether oxygens (including phenoxy) is 1. The first-order chi connectivity index (χ1) is 9.65. The Hall–Kier alpha value is -1.10. The van der Waals surface area contributed by atoms with E-state index < -0.39 is 6.10 Å². The van der Waals surface area contributed by atoms with Crippen LogP contribution in [0.15, 0.2) is 30.3 Å². The van der Waals surface area contributed by atoms with Crippen LogP contribution in [0.5, 0.6) is 5.75 Å². The zero-order chi connectivity index (χ0) is 14.4. The average molecular weight is 280 g/mol. The summed E-state index contributed by atoms with van der Waals surface area (Å²) in [5.74, 6) is 0.826. The topological polar surface area (TPSA) is 38.3 Å². The highest BCUT2D eigenvalue weighted by Gasteiger charge is 2.27. The number of quaternary nitrogens is 2. The lowest BCUT2D eigenvalue weighted by Crippen LogP contribution is -3.18. The van der Waals surface area contributed by atoms with Crippen molar-refractivity contribution in [2.24, 2.45) is 0 Å². The highest BCUT2D eigenvalue weighted by Crippen LogP contribution is 2.08. The number of hydrogen-bond acceptors (Lipinski definition) is 2. The Morgan fingerprint density at radius 3 is 2.60 bits per heavy atom. The first kappa shape index (κ1) is 15.3. The van der Waals surface area contributed by atoms with Gasteiger partial charge in [0.15, 0.2) is 0 Å². The summed E-state index contributed by atoms with van der Waals surface area (Å²) in [6.45, 7) is 3.63. The minimum absolute atomic E-state index is 0.374. The molecule has 1 unspecified atom stereocenters. The first-order valence-electron chi connectivity index (χ1n) is 7.64. The van der Waals surface area contributed by atoms with E-state index >= 15 is 0 Å². The second-order valence-electron chi connectivity index (χ2n) is 6.06. The highest BCUT2D eigenvalue weighted by atomic mass is 16.5. The van der Waals surface area contributed by atoms with E-state index in [1.54, 1.807) is 4.90 Å². The van der Waals surface area contributed by atoms with Gasteiger partial charge in [0.2, 0.25) is 0 Å². The fourth-order valence-corrected chi connectivity index (χ4v) is 2.91. The molecule has 0 spiro atoms. The molecule has 1 aromatic rings. The number of aliphatic hydroxyl groups is 1. The van der Waals surface area contributed by atoms with Gasteiger partial charge in [0.25, 0.3) is 0 Å². The number of para-hydroxylation sites is 1. The SMILES string of the molecule is C[NH+]1CCC([NH+](C)C[C@@H](O)COc2ccccc2)CC1. The summed E-state index contributed by atoms with van der Waals surface area (Å²) in [6.07, 6.45) is 2.11.